The minimum Gasteiger partial charge on any atom is -0.379 e. The van der Waals surface area contributed by atoms with Crippen LogP contribution in [0.1, 0.15) is 17.0 Å². The number of hydrogen-bond acceptors (Lipinski definition) is 5. The molecule has 0 spiro atoms. The van der Waals surface area contributed by atoms with Gasteiger partial charge in [0.1, 0.15) is 6.34 Å². The molecular weight excluding hydrogens is 438 g/mol. The van der Waals surface area contributed by atoms with E-state index in [4.69, 9.17) is 21.4 Å². The van der Waals surface area contributed by atoms with Gasteiger partial charge in [0.05, 0.1) is 31.4 Å². The lowest BCUT2D eigenvalue weighted by Crippen LogP contribution is -2.40. The molecule has 164 valence electrons. The Bertz CT molecular complexity index is 1050. The molecule has 8 nitrogen and oxygen atoms in total. The van der Waals surface area contributed by atoms with Crippen molar-refractivity contribution in [2.45, 2.75) is 5.92 Å². The van der Waals surface area contributed by atoms with Crippen molar-refractivity contribution in [3.8, 4) is 0 Å². The van der Waals surface area contributed by atoms with Gasteiger partial charge in [0.2, 0.25) is 0 Å². The van der Waals surface area contributed by atoms with Crippen molar-refractivity contribution >= 4 is 33.9 Å². The van der Waals surface area contributed by atoms with Crippen molar-refractivity contribution in [1.82, 2.24) is 14.4 Å². The first-order valence-electron chi connectivity index (χ1n) is 9.97. The number of halogens is 1. The molecular formula is C21H24ClN5O3S. The Labute approximate surface area is 187 Å². The molecule has 0 aliphatic carbocycles. The molecule has 2 aliphatic heterocycles. The summed E-state index contributed by atoms with van der Waals surface area (Å²) in [5, 5.41) is 8.75. The largest absolute Gasteiger partial charge is 0.379 e. The molecule has 0 saturated carbocycles. The summed E-state index contributed by atoms with van der Waals surface area (Å²) in [5.74, 6) is 0.0223. The van der Waals surface area contributed by atoms with Crippen LogP contribution in [0.2, 0.25) is 5.02 Å². The topological polar surface area (TPSA) is 77.8 Å². The van der Waals surface area contributed by atoms with Crippen molar-refractivity contribution in [2.75, 3.05) is 39.9 Å². The maximum absolute atomic E-state index is 12.5. The van der Waals surface area contributed by atoms with Gasteiger partial charge in [0.15, 0.2) is 0 Å². The highest BCUT2D eigenvalue weighted by Crippen LogP contribution is 2.29. The molecule has 1 saturated heterocycles. The maximum Gasteiger partial charge on any atom is 0.323 e. The van der Waals surface area contributed by atoms with Gasteiger partial charge in [0.25, 0.3) is 0 Å². The van der Waals surface area contributed by atoms with Gasteiger partial charge in [-0.2, -0.15) is 17.8 Å². The average molecular weight is 462 g/mol. The van der Waals surface area contributed by atoms with Crippen molar-refractivity contribution in [3.63, 3.8) is 0 Å². The predicted molar refractivity (Wildman–Crippen MR) is 121 cm³/mol. The number of benzene rings is 2. The van der Waals surface area contributed by atoms with E-state index in [1.54, 1.807) is 17.2 Å². The Balaban J connectivity index is 1.57. The minimum absolute atomic E-state index is 0.0223. The summed E-state index contributed by atoms with van der Waals surface area (Å²) in [6.07, 6.45) is 1.29. The van der Waals surface area contributed by atoms with Gasteiger partial charge in [-0.1, -0.05) is 54.1 Å². The van der Waals surface area contributed by atoms with Gasteiger partial charge >= 0.3 is 10.2 Å². The number of nitrogens with zero attached hydrogens (tertiary/aromatic N) is 5. The zero-order valence-corrected chi connectivity index (χ0v) is 18.7. The summed E-state index contributed by atoms with van der Waals surface area (Å²) in [6.45, 7) is 1.93. The van der Waals surface area contributed by atoms with E-state index in [0.29, 0.717) is 37.9 Å². The lowest BCUT2D eigenvalue weighted by Gasteiger charge is -2.26. The third kappa shape index (κ3) is 5.07. The molecule has 10 heteroatoms. The highest BCUT2D eigenvalue weighted by Gasteiger charge is 2.31. The third-order valence-electron chi connectivity index (χ3n) is 5.25. The summed E-state index contributed by atoms with van der Waals surface area (Å²) in [7, 11) is -2.02. The fraction of sp³-hybridized carbons (Fsp3) is 0.333. The maximum atomic E-state index is 12.5. The first-order chi connectivity index (χ1) is 14.9. The number of rotatable bonds is 6. The summed E-state index contributed by atoms with van der Waals surface area (Å²) in [5.41, 5.74) is 2.98. The monoisotopic (exact) mass is 461 g/mol. The average Bonchev–Trinajstić information content (AvgIpc) is 3.25. The molecule has 0 N–H and O–H groups in total. The number of morpholine rings is 1. The van der Waals surface area contributed by atoms with Crippen LogP contribution in [0.15, 0.2) is 64.1 Å². The van der Waals surface area contributed by atoms with Gasteiger partial charge < -0.3 is 4.74 Å². The first kappa shape index (κ1) is 21.8. The Kier molecular flexibility index (Phi) is 6.57. The Morgan fingerprint density at radius 1 is 1.13 bits per heavy atom. The van der Waals surface area contributed by atoms with Crippen LogP contribution < -0.4 is 0 Å². The molecule has 31 heavy (non-hydrogen) atoms. The van der Waals surface area contributed by atoms with Gasteiger partial charge in [0, 0.05) is 25.2 Å². The molecule has 2 heterocycles. The van der Waals surface area contributed by atoms with Crippen molar-refractivity contribution in [1.29, 1.82) is 0 Å². The fourth-order valence-corrected chi connectivity index (χ4v) is 4.67. The molecule has 2 aromatic rings. The molecule has 0 amide bonds. The van der Waals surface area contributed by atoms with Gasteiger partial charge in [-0.05, 0) is 23.3 Å². The number of hydrazone groups is 1. The highest BCUT2D eigenvalue weighted by molar-refractivity contribution is 7.87. The summed E-state index contributed by atoms with van der Waals surface area (Å²) < 4.78 is 35.4. The first-order valence-corrected chi connectivity index (χ1v) is 11.7. The lowest BCUT2D eigenvalue weighted by molar-refractivity contribution is 0.0728. The second-order valence-corrected chi connectivity index (χ2v) is 9.35. The van der Waals surface area contributed by atoms with Crippen LogP contribution in [0.3, 0.4) is 0 Å². The zero-order valence-electron chi connectivity index (χ0n) is 17.1. The van der Waals surface area contributed by atoms with Crippen LogP contribution in [0.4, 0.5) is 0 Å². The van der Waals surface area contributed by atoms with E-state index in [2.05, 4.69) is 16.5 Å². The summed E-state index contributed by atoms with van der Waals surface area (Å²) in [4.78, 5) is 0. The van der Waals surface area contributed by atoms with E-state index in [9.17, 15) is 8.42 Å². The minimum atomic E-state index is -3.75. The smallest absolute Gasteiger partial charge is 0.323 e. The molecule has 1 unspecified atom stereocenters. The van der Waals surface area contributed by atoms with Crippen LogP contribution >= 0.6 is 11.6 Å². The predicted octanol–water partition coefficient (Wildman–Crippen LogP) is 2.60. The van der Waals surface area contributed by atoms with Gasteiger partial charge in [-0.3, -0.25) is 5.01 Å². The quantitative estimate of drug-likeness (QED) is 0.488. The van der Waals surface area contributed by atoms with E-state index in [1.165, 1.54) is 10.6 Å². The highest BCUT2D eigenvalue weighted by atomic mass is 35.5. The molecule has 0 aromatic heterocycles. The van der Waals surface area contributed by atoms with E-state index in [-0.39, 0.29) is 5.92 Å². The van der Waals surface area contributed by atoms with Crippen LogP contribution in [0, 0.1) is 0 Å². The van der Waals surface area contributed by atoms with Crippen molar-refractivity contribution in [3.05, 3.63) is 70.7 Å². The van der Waals surface area contributed by atoms with Crippen LogP contribution in [0.25, 0.3) is 0 Å². The molecule has 4 rings (SSSR count). The van der Waals surface area contributed by atoms with Crippen molar-refractivity contribution in [2.24, 2.45) is 9.50 Å². The van der Waals surface area contributed by atoms with Crippen molar-refractivity contribution < 1.29 is 13.2 Å². The molecule has 0 radical (unpaired) electrons. The molecule has 1 atom stereocenters. The Morgan fingerprint density at radius 3 is 2.48 bits per heavy atom. The Morgan fingerprint density at radius 2 is 1.81 bits per heavy atom. The standard InChI is InChI=1S/C21H24ClN5O3S/c1-25(16-23-31(28,29)26-11-13-30-14-12-26)27-15-20(17-5-3-2-4-6-17)21(24-27)18-7-9-19(22)10-8-18/h2-10,16,20H,11-15H2,1H3/b23-16+. The van der Waals surface area contributed by atoms with Crippen LogP contribution in [-0.4, -0.2) is 74.8 Å². The number of hydrazine groups is 1. The summed E-state index contributed by atoms with van der Waals surface area (Å²) >= 11 is 6.05. The number of hydrogen-bond donors (Lipinski definition) is 0. The molecule has 2 aliphatic rings. The van der Waals surface area contributed by atoms with E-state index < -0.39 is 10.2 Å². The van der Waals surface area contributed by atoms with E-state index in [0.717, 1.165) is 16.8 Å². The van der Waals surface area contributed by atoms with Crippen LogP contribution in [-0.2, 0) is 14.9 Å². The Hall–Kier alpha value is -2.46. The lowest BCUT2D eigenvalue weighted by atomic mass is 9.91. The van der Waals surface area contributed by atoms with E-state index >= 15 is 0 Å². The van der Waals surface area contributed by atoms with Gasteiger partial charge in [-0.25, -0.2) is 5.12 Å². The second-order valence-electron chi connectivity index (χ2n) is 7.29. The summed E-state index contributed by atoms with van der Waals surface area (Å²) in [6, 6.07) is 17.7. The zero-order chi connectivity index (χ0) is 21.8. The van der Waals surface area contributed by atoms with Crippen LogP contribution in [0.5, 0.6) is 0 Å². The molecule has 1 fully saturated rings. The molecule has 0 bridgehead atoms. The second kappa shape index (κ2) is 9.35. The normalized spacial score (nSPS) is 20.3. The molecule has 2 aromatic carbocycles. The van der Waals surface area contributed by atoms with Gasteiger partial charge in [-0.15, -0.1) is 4.40 Å². The third-order valence-corrected chi connectivity index (χ3v) is 6.88. The fourth-order valence-electron chi connectivity index (χ4n) is 3.54. The number of ether oxygens (including phenoxy) is 1. The SMILES string of the molecule is CN(/C=N/S(=O)(=O)N1CCOCC1)N1CC(c2ccccc2)C(c2ccc(Cl)cc2)=N1. The van der Waals surface area contributed by atoms with E-state index in [1.807, 2.05) is 42.5 Å².